The van der Waals surface area contributed by atoms with Crippen LogP contribution in [0.5, 0.6) is 0 Å². The number of unbranched alkanes of at least 4 members (excludes halogenated alkanes) is 2. The van der Waals surface area contributed by atoms with Crippen LogP contribution in [0.3, 0.4) is 0 Å². The highest BCUT2D eigenvalue weighted by atomic mass is 16.4. The summed E-state index contributed by atoms with van der Waals surface area (Å²) in [5.74, 6) is -0.407. The fourth-order valence-electron chi connectivity index (χ4n) is 4.03. The van der Waals surface area contributed by atoms with Crippen LogP contribution in [0, 0.1) is 5.41 Å². The van der Waals surface area contributed by atoms with Crippen molar-refractivity contribution in [2.24, 2.45) is 0 Å². The molecule has 5 nitrogen and oxygen atoms in total. The van der Waals surface area contributed by atoms with Crippen LogP contribution in [0.25, 0.3) is 33.4 Å². The molecule has 0 unspecified atom stereocenters. The first-order valence-electron chi connectivity index (χ1n) is 10.2. The second-order valence-electron chi connectivity index (χ2n) is 7.55. The van der Waals surface area contributed by atoms with Gasteiger partial charge in [-0.25, -0.2) is 4.79 Å². The molecule has 0 atom stereocenters. The molecule has 0 radical (unpaired) electrons. The molecule has 5 heteroatoms. The Hall–Kier alpha value is -3.60. The van der Waals surface area contributed by atoms with Crippen LogP contribution in [0.2, 0.25) is 0 Å². The van der Waals surface area contributed by atoms with Crippen LogP contribution in [0.15, 0.2) is 59.0 Å². The summed E-state index contributed by atoms with van der Waals surface area (Å²) in [5, 5.41) is 19.2. The van der Waals surface area contributed by atoms with E-state index in [0.717, 1.165) is 47.8 Å². The Labute approximate surface area is 174 Å². The number of benzene rings is 3. The van der Waals surface area contributed by atoms with Gasteiger partial charge in [-0.1, -0.05) is 38.0 Å². The van der Waals surface area contributed by atoms with Crippen molar-refractivity contribution >= 4 is 22.6 Å². The standard InChI is InChI=1S/C25H24N2O3/c1-2-3-4-6-15-7-5-8-20(23(15)25(28)29)24-18-11-9-16(26)13-21(18)30-22-14-17(27)10-12-19(22)24/h5,7-14,26H,2-4,6,27H2,1H3,(H,28,29). The minimum Gasteiger partial charge on any atom is -0.478 e. The van der Waals surface area contributed by atoms with Gasteiger partial charge in [-0.3, -0.25) is 0 Å². The van der Waals surface area contributed by atoms with Crippen molar-refractivity contribution in [2.45, 2.75) is 32.6 Å². The molecule has 2 aliphatic rings. The molecule has 1 aliphatic heterocycles. The number of carbonyl (C=O) groups is 1. The van der Waals surface area contributed by atoms with Crippen LogP contribution < -0.4 is 11.1 Å². The maximum absolute atomic E-state index is 12.4. The highest BCUT2D eigenvalue weighted by Gasteiger charge is 2.23. The smallest absolute Gasteiger partial charge is 0.336 e. The van der Waals surface area contributed by atoms with E-state index in [9.17, 15) is 9.90 Å². The molecule has 152 valence electrons. The van der Waals surface area contributed by atoms with Gasteiger partial charge in [0.2, 0.25) is 0 Å². The first-order valence-corrected chi connectivity index (χ1v) is 10.2. The first kappa shape index (κ1) is 19.7. The zero-order valence-corrected chi connectivity index (χ0v) is 16.9. The number of carboxylic acid groups (broad SMARTS) is 1. The van der Waals surface area contributed by atoms with Crippen LogP contribution in [0.4, 0.5) is 5.69 Å². The molecular weight excluding hydrogens is 376 g/mol. The predicted octanol–water partition coefficient (Wildman–Crippen LogP) is 5.70. The Kier molecular flexibility index (Phi) is 5.27. The number of nitrogen functional groups attached to an aromatic ring is 1. The fraction of sp³-hybridized carbons (Fsp3) is 0.200. The van der Waals surface area contributed by atoms with E-state index < -0.39 is 5.97 Å². The molecule has 0 bridgehead atoms. The van der Waals surface area contributed by atoms with E-state index in [1.54, 1.807) is 24.3 Å². The van der Waals surface area contributed by atoms with E-state index >= 15 is 0 Å². The van der Waals surface area contributed by atoms with E-state index in [0.29, 0.717) is 33.5 Å². The minimum atomic E-state index is -0.938. The van der Waals surface area contributed by atoms with Crippen molar-refractivity contribution in [1.29, 1.82) is 5.41 Å². The number of rotatable bonds is 6. The molecule has 4 rings (SSSR count). The quantitative estimate of drug-likeness (QED) is 0.220. The molecular formula is C25H24N2O3. The van der Waals surface area contributed by atoms with Crippen molar-refractivity contribution in [3.05, 3.63) is 71.1 Å². The number of aromatic carboxylic acids is 1. The molecule has 30 heavy (non-hydrogen) atoms. The topological polar surface area (TPSA) is 100 Å². The molecule has 0 fully saturated rings. The van der Waals surface area contributed by atoms with Crippen LogP contribution in [0.1, 0.15) is 42.1 Å². The van der Waals surface area contributed by atoms with Gasteiger partial charge in [0.25, 0.3) is 0 Å². The van der Waals surface area contributed by atoms with Gasteiger partial charge in [0.1, 0.15) is 11.3 Å². The largest absolute Gasteiger partial charge is 0.478 e. The third-order valence-electron chi connectivity index (χ3n) is 5.43. The van der Waals surface area contributed by atoms with E-state index in [2.05, 4.69) is 6.92 Å². The number of nitrogens with one attached hydrogen (secondary N) is 1. The lowest BCUT2D eigenvalue weighted by Crippen LogP contribution is -2.07. The van der Waals surface area contributed by atoms with E-state index in [4.69, 9.17) is 15.6 Å². The summed E-state index contributed by atoms with van der Waals surface area (Å²) in [5.41, 5.74) is 10.5. The number of anilines is 1. The molecule has 0 saturated carbocycles. The third kappa shape index (κ3) is 3.54. The number of hydrogen-bond donors (Lipinski definition) is 3. The van der Waals surface area contributed by atoms with Crippen LogP contribution >= 0.6 is 0 Å². The van der Waals surface area contributed by atoms with Crippen LogP contribution in [-0.4, -0.2) is 11.1 Å². The summed E-state index contributed by atoms with van der Waals surface area (Å²) < 4.78 is 6.03. The van der Waals surface area contributed by atoms with Crippen molar-refractivity contribution in [3.63, 3.8) is 0 Å². The van der Waals surface area contributed by atoms with Gasteiger partial charge in [-0.2, -0.15) is 0 Å². The van der Waals surface area contributed by atoms with Gasteiger partial charge in [0, 0.05) is 34.3 Å². The summed E-state index contributed by atoms with van der Waals surface area (Å²) >= 11 is 0. The van der Waals surface area contributed by atoms with Crippen molar-refractivity contribution in [3.8, 4) is 22.5 Å². The Bertz CT molecular complexity index is 1270. The van der Waals surface area contributed by atoms with Gasteiger partial charge in [-0.15, -0.1) is 0 Å². The predicted molar refractivity (Wildman–Crippen MR) is 119 cm³/mol. The summed E-state index contributed by atoms with van der Waals surface area (Å²) in [4.78, 5) is 12.4. The highest BCUT2D eigenvalue weighted by Crippen LogP contribution is 2.42. The summed E-state index contributed by atoms with van der Waals surface area (Å²) in [7, 11) is 0. The van der Waals surface area contributed by atoms with Gasteiger partial charge >= 0.3 is 5.97 Å². The average Bonchev–Trinajstić information content (AvgIpc) is 2.71. The molecule has 4 N–H and O–H groups in total. The SMILES string of the molecule is CCCCCc1cccc(-c2c3ccc(=N)cc-3oc3cc(N)ccc23)c1C(=O)O. The van der Waals surface area contributed by atoms with Gasteiger partial charge in [0.15, 0.2) is 0 Å². The van der Waals surface area contributed by atoms with Crippen molar-refractivity contribution in [2.75, 3.05) is 5.73 Å². The maximum Gasteiger partial charge on any atom is 0.336 e. The van der Waals surface area contributed by atoms with Gasteiger partial charge < -0.3 is 20.7 Å². The summed E-state index contributed by atoms with van der Waals surface area (Å²) in [6, 6.07) is 16.2. The molecule has 0 saturated heterocycles. The Morgan fingerprint density at radius 2 is 1.90 bits per heavy atom. The Morgan fingerprint density at radius 1 is 1.07 bits per heavy atom. The second-order valence-corrected chi connectivity index (χ2v) is 7.55. The van der Waals surface area contributed by atoms with Crippen molar-refractivity contribution < 1.29 is 14.3 Å². The van der Waals surface area contributed by atoms with E-state index in [1.807, 2.05) is 30.3 Å². The number of nitrogens with two attached hydrogens (primary N) is 1. The Balaban J connectivity index is 2.06. The third-order valence-corrected chi connectivity index (χ3v) is 5.43. The number of aryl methyl sites for hydroxylation is 1. The lowest BCUT2D eigenvalue weighted by Gasteiger charge is -2.18. The zero-order chi connectivity index (χ0) is 21.3. The molecule has 0 amide bonds. The molecule has 2 aromatic carbocycles. The summed E-state index contributed by atoms with van der Waals surface area (Å²) in [6.07, 6.45) is 3.81. The zero-order valence-electron chi connectivity index (χ0n) is 16.9. The van der Waals surface area contributed by atoms with E-state index in [1.165, 1.54) is 0 Å². The van der Waals surface area contributed by atoms with Crippen molar-refractivity contribution in [1.82, 2.24) is 0 Å². The average molecular weight is 400 g/mol. The van der Waals surface area contributed by atoms with Gasteiger partial charge in [0.05, 0.1) is 10.9 Å². The first-order chi connectivity index (χ1) is 14.5. The monoisotopic (exact) mass is 400 g/mol. The lowest BCUT2D eigenvalue weighted by atomic mass is 9.87. The van der Waals surface area contributed by atoms with Gasteiger partial charge in [-0.05, 0) is 48.2 Å². The number of carboxylic acids is 1. The molecule has 0 spiro atoms. The molecule has 1 aliphatic carbocycles. The lowest BCUT2D eigenvalue weighted by molar-refractivity contribution is 0.0696. The summed E-state index contributed by atoms with van der Waals surface area (Å²) in [6.45, 7) is 2.13. The molecule has 1 heterocycles. The normalized spacial score (nSPS) is 11.2. The molecule has 2 aromatic rings. The fourth-order valence-corrected chi connectivity index (χ4v) is 4.03. The minimum absolute atomic E-state index is 0.326. The number of hydrogen-bond acceptors (Lipinski definition) is 4. The van der Waals surface area contributed by atoms with E-state index in [-0.39, 0.29) is 0 Å². The maximum atomic E-state index is 12.4. The Morgan fingerprint density at radius 3 is 2.67 bits per heavy atom. The number of fused-ring (bicyclic) bond motifs is 2. The molecule has 0 aromatic heterocycles. The van der Waals surface area contributed by atoms with Crippen LogP contribution in [-0.2, 0) is 6.42 Å². The second kappa shape index (κ2) is 8.03. The highest BCUT2D eigenvalue weighted by molar-refractivity contribution is 6.08.